The van der Waals surface area contributed by atoms with Gasteiger partial charge < -0.3 is 0 Å². The van der Waals surface area contributed by atoms with Crippen molar-refractivity contribution in [3.63, 3.8) is 0 Å². The van der Waals surface area contributed by atoms with Crippen molar-refractivity contribution in [3.05, 3.63) is 51.9 Å². The van der Waals surface area contributed by atoms with Gasteiger partial charge >= 0.3 is 0 Å². The predicted molar refractivity (Wildman–Crippen MR) is 85.0 cm³/mol. The van der Waals surface area contributed by atoms with E-state index in [1.807, 2.05) is 19.1 Å². The maximum absolute atomic E-state index is 11.7. The molecule has 1 aromatic carbocycles. The van der Waals surface area contributed by atoms with Crippen LogP contribution in [0.25, 0.3) is 21.5 Å². The lowest BCUT2D eigenvalue weighted by Gasteiger charge is -2.07. The van der Waals surface area contributed by atoms with Gasteiger partial charge in [-0.2, -0.15) is 0 Å². The Hall–Kier alpha value is -1.42. The normalized spacial score (nSPS) is 10.9. The number of hydrogen-bond donors (Lipinski definition) is 0. The molecule has 0 bridgehead atoms. The van der Waals surface area contributed by atoms with Crippen LogP contribution in [-0.2, 0) is 0 Å². The van der Waals surface area contributed by atoms with E-state index in [2.05, 4.69) is 4.98 Å². The first-order valence-electron chi connectivity index (χ1n) is 5.92. The largest absolute Gasteiger partial charge is 0.276 e. The number of fused-ring (bicyclic) bond motifs is 1. The van der Waals surface area contributed by atoms with Crippen LogP contribution in [-0.4, -0.2) is 10.2 Å². The average molecular weight is 322 g/mol. The highest BCUT2D eigenvalue weighted by Crippen LogP contribution is 2.32. The lowest BCUT2D eigenvalue weighted by Crippen LogP contribution is -1.95. The first kappa shape index (κ1) is 13.6. The minimum absolute atomic E-state index is 0.431. The summed E-state index contributed by atoms with van der Waals surface area (Å²) < 4.78 is 0. The molecule has 0 spiro atoms. The van der Waals surface area contributed by atoms with Crippen LogP contribution in [0.3, 0.4) is 0 Å². The number of para-hydroxylation sites is 1. The van der Waals surface area contributed by atoms with Crippen LogP contribution in [0.4, 0.5) is 0 Å². The highest BCUT2D eigenvalue weighted by atomic mass is 35.5. The molecule has 2 nitrogen and oxygen atoms in total. The summed E-state index contributed by atoms with van der Waals surface area (Å²) in [6, 6.07) is 11.0. The fourth-order valence-electron chi connectivity index (χ4n) is 2.07. The Balaban J connectivity index is 2.35. The summed E-state index contributed by atoms with van der Waals surface area (Å²) in [4.78, 5) is 18.4. The van der Waals surface area contributed by atoms with Crippen molar-refractivity contribution in [1.82, 2.24) is 4.98 Å². The molecule has 0 saturated heterocycles. The van der Waals surface area contributed by atoms with E-state index in [4.69, 9.17) is 23.2 Å². The second kappa shape index (κ2) is 5.17. The molecule has 0 saturated carbocycles. The number of pyridine rings is 1. The number of aryl methyl sites for hydroxylation is 1. The molecule has 2 heterocycles. The van der Waals surface area contributed by atoms with Gasteiger partial charge in [0.25, 0.3) is 5.24 Å². The summed E-state index contributed by atoms with van der Waals surface area (Å²) in [6.45, 7) is 2.02. The lowest BCUT2D eigenvalue weighted by atomic mass is 10.1. The number of aromatic nitrogens is 1. The fraction of sp³-hybridized carbons (Fsp3) is 0.0667. The molecule has 0 radical (unpaired) electrons. The van der Waals surface area contributed by atoms with Crippen LogP contribution in [0.15, 0.2) is 36.4 Å². The molecule has 0 fully saturated rings. The summed E-state index contributed by atoms with van der Waals surface area (Å²) in [6.07, 6.45) is 0. The van der Waals surface area contributed by atoms with Gasteiger partial charge in [-0.3, -0.25) is 4.79 Å². The molecule has 5 heteroatoms. The third-order valence-corrected chi connectivity index (χ3v) is 4.53. The highest BCUT2D eigenvalue weighted by Gasteiger charge is 2.14. The van der Waals surface area contributed by atoms with Crippen molar-refractivity contribution in [2.45, 2.75) is 6.92 Å². The van der Waals surface area contributed by atoms with Gasteiger partial charge in [0.1, 0.15) is 0 Å². The Morgan fingerprint density at radius 3 is 2.70 bits per heavy atom. The number of rotatable bonds is 2. The highest BCUT2D eigenvalue weighted by molar-refractivity contribution is 7.15. The fourth-order valence-corrected chi connectivity index (χ4v) is 3.28. The van der Waals surface area contributed by atoms with Gasteiger partial charge in [-0.1, -0.05) is 23.7 Å². The number of nitrogens with zero attached hydrogens (tertiary/aromatic N) is 1. The molecule has 3 aromatic rings. The van der Waals surface area contributed by atoms with Crippen LogP contribution in [0, 0.1) is 6.92 Å². The van der Waals surface area contributed by atoms with Gasteiger partial charge in [0.05, 0.1) is 21.1 Å². The van der Waals surface area contributed by atoms with Crippen LogP contribution < -0.4 is 0 Å². The molecule has 3 rings (SSSR count). The smallest absolute Gasteiger partial charge is 0.253 e. The molecule has 2 aromatic heterocycles. The Kier molecular flexibility index (Phi) is 3.50. The van der Waals surface area contributed by atoms with Crippen molar-refractivity contribution in [3.8, 4) is 10.6 Å². The Morgan fingerprint density at radius 2 is 2.05 bits per heavy atom. The number of benzene rings is 1. The van der Waals surface area contributed by atoms with E-state index in [1.165, 1.54) is 4.88 Å². The Labute approximate surface area is 130 Å². The topological polar surface area (TPSA) is 30.0 Å². The monoisotopic (exact) mass is 321 g/mol. The molecule has 0 unspecified atom stereocenters. The van der Waals surface area contributed by atoms with Crippen molar-refractivity contribution in [2.75, 3.05) is 0 Å². The van der Waals surface area contributed by atoms with E-state index in [9.17, 15) is 4.79 Å². The molecule has 0 N–H and O–H groups in total. The van der Waals surface area contributed by atoms with E-state index in [-0.39, 0.29) is 0 Å². The van der Waals surface area contributed by atoms with Gasteiger partial charge in [-0.15, -0.1) is 11.3 Å². The van der Waals surface area contributed by atoms with Gasteiger partial charge in [0.15, 0.2) is 0 Å². The van der Waals surface area contributed by atoms with Gasteiger partial charge in [0.2, 0.25) is 0 Å². The van der Waals surface area contributed by atoms with E-state index in [1.54, 1.807) is 35.6 Å². The molecular formula is C15H9Cl2NOS. The standard InChI is InChI=1S/C15H9Cl2NOS/c1-8-5-6-13(20-8)12-7-10(15(17)19)9-3-2-4-11(16)14(9)18-12/h2-7H,1H3. The summed E-state index contributed by atoms with van der Waals surface area (Å²) in [5.41, 5.74) is 1.75. The number of carbonyl (C=O) groups excluding carboxylic acids is 1. The zero-order valence-corrected chi connectivity index (χ0v) is 12.8. The Morgan fingerprint density at radius 1 is 1.25 bits per heavy atom. The maximum Gasteiger partial charge on any atom is 0.253 e. The first-order chi connectivity index (χ1) is 9.56. The van der Waals surface area contributed by atoms with Crippen LogP contribution in [0.1, 0.15) is 15.2 Å². The zero-order chi connectivity index (χ0) is 14.3. The predicted octanol–water partition coefficient (Wildman–Crippen LogP) is 5.30. The third kappa shape index (κ3) is 2.33. The molecule has 0 atom stereocenters. The van der Waals surface area contributed by atoms with Crippen LogP contribution >= 0.6 is 34.5 Å². The second-order valence-corrected chi connectivity index (χ2v) is 6.41. The molecule has 0 aliphatic carbocycles. The average Bonchev–Trinajstić information content (AvgIpc) is 2.85. The molecule has 0 amide bonds. The van der Waals surface area contributed by atoms with E-state index in [0.717, 1.165) is 4.88 Å². The summed E-state index contributed by atoms with van der Waals surface area (Å²) in [5.74, 6) is 0. The van der Waals surface area contributed by atoms with Crippen molar-refractivity contribution in [2.24, 2.45) is 0 Å². The summed E-state index contributed by atoms with van der Waals surface area (Å²) >= 11 is 13.5. The molecular weight excluding hydrogens is 313 g/mol. The van der Waals surface area contributed by atoms with Crippen LogP contribution in [0.2, 0.25) is 5.02 Å². The third-order valence-electron chi connectivity index (χ3n) is 2.99. The van der Waals surface area contributed by atoms with E-state index < -0.39 is 5.24 Å². The van der Waals surface area contributed by atoms with Gasteiger partial charge in [0, 0.05) is 15.8 Å². The van der Waals surface area contributed by atoms with E-state index in [0.29, 0.717) is 27.2 Å². The van der Waals surface area contributed by atoms with Crippen molar-refractivity contribution in [1.29, 1.82) is 0 Å². The number of hydrogen-bond acceptors (Lipinski definition) is 3. The summed E-state index contributed by atoms with van der Waals surface area (Å²) in [5, 5.41) is 0.681. The summed E-state index contributed by atoms with van der Waals surface area (Å²) in [7, 11) is 0. The van der Waals surface area contributed by atoms with Crippen molar-refractivity contribution < 1.29 is 4.79 Å². The van der Waals surface area contributed by atoms with Gasteiger partial charge in [-0.05, 0) is 42.8 Å². The SMILES string of the molecule is Cc1ccc(-c2cc(C(=O)Cl)c3cccc(Cl)c3n2)s1. The number of carbonyl (C=O) groups is 1. The second-order valence-electron chi connectivity index (χ2n) is 4.38. The molecule has 100 valence electrons. The number of thiophene rings is 1. The molecule has 0 aliphatic rings. The maximum atomic E-state index is 11.7. The lowest BCUT2D eigenvalue weighted by molar-refractivity contribution is 0.108. The minimum atomic E-state index is -0.505. The quantitative estimate of drug-likeness (QED) is 0.599. The van der Waals surface area contributed by atoms with Gasteiger partial charge in [-0.25, -0.2) is 4.98 Å². The van der Waals surface area contributed by atoms with E-state index >= 15 is 0 Å². The number of halogens is 2. The minimum Gasteiger partial charge on any atom is -0.276 e. The zero-order valence-electron chi connectivity index (χ0n) is 10.5. The molecule has 20 heavy (non-hydrogen) atoms. The molecule has 0 aliphatic heterocycles. The first-order valence-corrected chi connectivity index (χ1v) is 7.49. The van der Waals surface area contributed by atoms with Crippen molar-refractivity contribution >= 4 is 50.7 Å². The van der Waals surface area contributed by atoms with Crippen LogP contribution in [0.5, 0.6) is 0 Å². The Bertz CT molecular complexity index is 826.